The topological polar surface area (TPSA) is 102 Å². The van der Waals surface area contributed by atoms with Crippen LogP contribution in [-0.4, -0.2) is 43.1 Å². The number of hydrogen-bond donors (Lipinski definition) is 2. The van der Waals surface area contributed by atoms with Gasteiger partial charge in [0.2, 0.25) is 5.95 Å². The molecular formula is C27H29ClN6O2. The summed E-state index contributed by atoms with van der Waals surface area (Å²) in [5.41, 5.74) is 9.75. The largest absolute Gasteiger partial charge is 0.485 e. The van der Waals surface area contributed by atoms with Crippen molar-refractivity contribution >= 4 is 23.2 Å². The van der Waals surface area contributed by atoms with Gasteiger partial charge in [-0.05, 0) is 32.9 Å². The zero-order valence-corrected chi connectivity index (χ0v) is 21.3. The Morgan fingerprint density at radius 3 is 2.61 bits per heavy atom. The first-order chi connectivity index (χ1) is 17.2. The van der Waals surface area contributed by atoms with Crippen molar-refractivity contribution in [2.24, 2.45) is 5.73 Å². The molecule has 0 radical (unpaired) electrons. The molecule has 0 bridgehead atoms. The van der Waals surface area contributed by atoms with Crippen LogP contribution in [0.25, 0.3) is 16.8 Å². The maximum Gasteiger partial charge on any atom is 0.211 e. The van der Waals surface area contributed by atoms with E-state index in [4.69, 9.17) is 27.1 Å². The van der Waals surface area contributed by atoms with Crippen LogP contribution < -0.4 is 15.4 Å². The zero-order valence-electron chi connectivity index (χ0n) is 20.6. The van der Waals surface area contributed by atoms with Crippen molar-refractivity contribution in [3.8, 4) is 16.9 Å². The van der Waals surface area contributed by atoms with Crippen LogP contribution in [0.5, 0.6) is 5.75 Å². The summed E-state index contributed by atoms with van der Waals surface area (Å²) in [4.78, 5) is 16.3. The molecule has 2 aliphatic rings. The molecule has 6 rings (SSSR count). The van der Waals surface area contributed by atoms with E-state index in [0.29, 0.717) is 10.7 Å². The SMILES string of the molecule is Cc1nc(N2CCC3(CC2)Oc2ccccc2[C@H]3N)n2ccnc2c1-c1ccnc(C(C)(C)O)c1Cl. The van der Waals surface area contributed by atoms with Crippen molar-refractivity contribution in [2.75, 3.05) is 18.0 Å². The van der Waals surface area contributed by atoms with Crippen molar-refractivity contribution in [3.63, 3.8) is 0 Å². The van der Waals surface area contributed by atoms with Gasteiger partial charge >= 0.3 is 0 Å². The van der Waals surface area contributed by atoms with Gasteiger partial charge in [-0.1, -0.05) is 29.8 Å². The van der Waals surface area contributed by atoms with Crippen LogP contribution in [0.15, 0.2) is 48.9 Å². The van der Waals surface area contributed by atoms with Gasteiger partial charge in [0.05, 0.1) is 22.5 Å². The molecule has 186 valence electrons. The normalized spacial score (nSPS) is 19.1. The molecule has 0 unspecified atom stereocenters. The summed E-state index contributed by atoms with van der Waals surface area (Å²) < 4.78 is 8.43. The number of imidazole rings is 1. The number of anilines is 1. The summed E-state index contributed by atoms with van der Waals surface area (Å²) >= 11 is 6.75. The van der Waals surface area contributed by atoms with Gasteiger partial charge in [0, 0.05) is 61.2 Å². The Morgan fingerprint density at radius 2 is 1.89 bits per heavy atom. The number of pyridine rings is 1. The molecule has 1 spiro atoms. The maximum absolute atomic E-state index is 10.6. The number of aryl methyl sites for hydroxylation is 1. The monoisotopic (exact) mass is 504 g/mol. The predicted octanol–water partition coefficient (Wildman–Crippen LogP) is 4.41. The van der Waals surface area contributed by atoms with Crippen molar-refractivity contribution in [1.29, 1.82) is 0 Å². The number of nitrogens with two attached hydrogens (primary N) is 1. The van der Waals surface area contributed by atoms with Crippen LogP contribution in [0, 0.1) is 6.92 Å². The molecule has 8 nitrogen and oxygen atoms in total. The highest BCUT2D eigenvalue weighted by atomic mass is 35.5. The van der Waals surface area contributed by atoms with Crippen LogP contribution in [0.3, 0.4) is 0 Å². The third kappa shape index (κ3) is 3.47. The van der Waals surface area contributed by atoms with Crippen LogP contribution in [0.2, 0.25) is 5.02 Å². The quantitative estimate of drug-likeness (QED) is 0.426. The van der Waals surface area contributed by atoms with E-state index in [0.717, 1.165) is 65.7 Å². The fourth-order valence-corrected chi connectivity index (χ4v) is 6.01. The molecule has 4 aromatic rings. The molecule has 1 fully saturated rings. The number of ether oxygens (including phenoxy) is 1. The van der Waals surface area contributed by atoms with Crippen LogP contribution in [-0.2, 0) is 5.60 Å². The highest BCUT2D eigenvalue weighted by molar-refractivity contribution is 6.34. The molecule has 0 amide bonds. The van der Waals surface area contributed by atoms with E-state index in [9.17, 15) is 5.11 Å². The minimum absolute atomic E-state index is 0.139. The number of aromatic nitrogens is 4. The molecule has 36 heavy (non-hydrogen) atoms. The molecule has 1 aromatic carbocycles. The molecule has 1 atom stereocenters. The fourth-order valence-electron chi connectivity index (χ4n) is 5.57. The molecule has 0 saturated carbocycles. The molecule has 0 aliphatic carbocycles. The summed E-state index contributed by atoms with van der Waals surface area (Å²) in [5.74, 6) is 1.73. The lowest BCUT2D eigenvalue weighted by atomic mass is 9.83. The molecule has 1 saturated heterocycles. The molecule has 3 aromatic heterocycles. The van der Waals surface area contributed by atoms with E-state index in [2.05, 4.69) is 20.9 Å². The lowest BCUT2D eigenvalue weighted by Gasteiger charge is -2.41. The first kappa shape index (κ1) is 23.2. The summed E-state index contributed by atoms with van der Waals surface area (Å²) in [7, 11) is 0. The zero-order chi connectivity index (χ0) is 25.2. The second kappa shape index (κ2) is 8.16. The second-order valence-electron chi connectivity index (χ2n) is 10.2. The third-order valence-corrected chi connectivity index (χ3v) is 7.86. The summed E-state index contributed by atoms with van der Waals surface area (Å²) in [6.45, 7) is 6.84. The Kier molecular flexibility index (Phi) is 5.26. The Labute approximate surface area is 214 Å². The number of fused-ring (bicyclic) bond motifs is 2. The molecule has 5 heterocycles. The molecule has 3 N–H and O–H groups in total. The number of rotatable bonds is 3. The highest BCUT2D eigenvalue weighted by Gasteiger charge is 2.48. The smallest absolute Gasteiger partial charge is 0.211 e. The Hall–Kier alpha value is -3.20. The van der Waals surface area contributed by atoms with Crippen LogP contribution >= 0.6 is 11.6 Å². The van der Waals surface area contributed by atoms with Gasteiger partial charge in [0.15, 0.2) is 0 Å². The minimum atomic E-state index is -1.17. The van der Waals surface area contributed by atoms with E-state index < -0.39 is 5.60 Å². The minimum Gasteiger partial charge on any atom is -0.485 e. The van der Waals surface area contributed by atoms with Gasteiger partial charge in [-0.25, -0.2) is 9.97 Å². The summed E-state index contributed by atoms with van der Waals surface area (Å²) in [6.07, 6.45) is 6.95. The third-order valence-electron chi connectivity index (χ3n) is 7.47. The van der Waals surface area contributed by atoms with Crippen molar-refractivity contribution in [1.82, 2.24) is 19.4 Å². The van der Waals surface area contributed by atoms with Gasteiger partial charge in [-0.2, -0.15) is 0 Å². The molecule has 2 aliphatic heterocycles. The summed E-state index contributed by atoms with van der Waals surface area (Å²) in [5, 5.41) is 11.0. The van der Waals surface area contributed by atoms with Gasteiger partial charge in [-0.3, -0.25) is 9.38 Å². The van der Waals surface area contributed by atoms with Gasteiger partial charge in [0.25, 0.3) is 0 Å². The lowest BCUT2D eigenvalue weighted by molar-refractivity contribution is 0.0429. The highest BCUT2D eigenvalue weighted by Crippen LogP contribution is 2.47. The fraction of sp³-hybridized carbons (Fsp3) is 0.370. The van der Waals surface area contributed by atoms with Crippen molar-refractivity contribution < 1.29 is 9.84 Å². The van der Waals surface area contributed by atoms with E-state index in [1.165, 1.54) is 0 Å². The van der Waals surface area contributed by atoms with Crippen molar-refractivity contribution in [3.05, 3.63) is 70.9 Å². The number of para-hydroxylation sites is 1. The number of nitrogens with zero attached hydrogens (tertiary/aromatic N) is 5. The predicted molar refractivity (Wildman–Crippen MR) is 139 cm³/mol. The average molecular weight is 505 g/mol. The van der Waals surface area contributed by atoms with Gasteiger partial charge in [-0.15, -0.1) is 0 Å². The summed E-state index contributed by atoms with van der Waals surface area (Å²) in [6, 6.07) is 9.77. The number of benzene rings is 1. The first-order valence-corrected chi connectivity index (χ1v) is 12.6. The van der Waals surface area contributed by atoms with E-state index in [1.807, 2.05) is 41.8 Å². The van der Waals surface area contributed by atoms with Crippen LogP contribution in [0.4, 0.5) is 5.95 Å². The van der Waals surface area contributed by atoms with Crippen molar-refractivity contribution in [2.45, 2.75) is 50.9 Å². The Morgan fingerprint density at radius 1 is 1.14 bits per heavy atom. The maximum atomic E-state index is 10.6. The Balaban J connectivity index is 1.35. The van der Waals surface area contributed by atoms with Gasteiger partial charge < -0.3 is 20.5 Å². The van der Waals surface area contributed by atoms with E-state index in [-0.39, 0.29) is 11.6 Å². The number of aliphatic hydroxyl groups is 1. The van der Waals surface area contributed by atoms with E-state index in [1.54, 1.807) is 26.2 Å². The average Bonchev–Trinajstić information content (AvgIpc) is 3.43. The van der Waals surface area contributed by atoms with E-state index >= 15 is 0 Å². The molecule has 9 heteroatoms. The Bertz CT molecular complexity index is 1470. The van der Waals surface area contributed by atoms with Gasteiger partial charge in [0.1, 0.15) is 22.6 Å². The van der Waals surface area contributed by atoms with Crippen LogP contribution in [0.1, 0.15) is 49.7 Å². The number of halogens is 1. The second-order valence-corrected chi connectivity index (χ2v) is 10.6. The first-order valence-electron chi connectivity index (χ1n) is 12.2. The lowest BCUT2D eigenvalue weighted by Crippen LogP contribution is -2.52. The standard InChI is InChI=1S/C27H29ClN6O2/c1-16-20(18-8-11-30-23(21(18)28)26(2,3)35)24-31-12-15-34(24)25(32-16)33-13-9-27(10-14-33)22(29)17-6-4-5-7-19(17)36-27/h4-8,11-12,15,22,35H,9-10,13-14,29H2,1-3H3/t22-/m1/s1. The molecular weight excluding hydrogens is 476 g/mol. The number of piperidine rings is 1. The number of hydrogen-bond acceptors (Lipinski definition) is 7.